The molecule has 1 N–H and O–H groups in total. The van der Waals surface area contributed by atoms with Crippen LogP contribution >= 0.6 is 11.8 Å². The highest BCUT2D eigenvalue weighted by Crippen LogP contribution is 2.33. The average molecular weight is 353 g/mol. The van der Waals surface area contributed by atoms with Crippen molar-refractivity contribution in [2.45, 2.75) is 44.9 Å². The van der Waals surface area contributed by atoms with Gasteiger partial charge in [0, 0.05) is 37.6 Å². The third-order valence-electron chi connectivity index (χ3n) is 2.95. The van der Waals surface area contributed by atoms with E-state index in [0.717, 1.165) is 4.90 Å². The molecule has 7 heteroatoms. The second kappa shape index (κ2) is 10.7. The average Bonchev–Trinajstić information content (AvgIpc) is 2.59. The van der Waals surface area contributed by atoms with Crippen molar-refractivity contribution in [1.82, 2.24) is 5.32 Å². The van der Waals surface area contributed by atoms with Crippen LogP contribution in [0.4, 0.5) is 0 Å². The highest BCUT2D eigenvalue weighted by atomic mass is 32.2. The van der Waals surface area contributed by atoms with Gasteiger partial charge in [-0.05, 0) is 12.1 Å². The van der Waals surface area contributed by atoms with E-state index in [4.69, 9.17) is 9.47 Å². The van der Waals surface area contributed by atoms with E-state index in [1.807, 2.05) is 0 Å². The van der Waals surface area contributed by atoms with Gasteiger partial charge in [-0.15, -0.1) is 11.8 Å². The molecule has 132 valence electrons. The number of esters is 2. The Morgan fingerprint density at radius 2 is 1.67 bits per heavy atom. The lowest BCUT2D eigenvalue weighted by molar-refractivity contribution is -0.134. The minimum atomic E-state index is -0.366. The van der Waals surface area contributed by atoms with Crippen molar-refractivity contribution < 1.29 is 23.9 Å². The number of nitrogens with one attached hydrogen (secondary N) is 1. The number of hydrogen-bond acceptors (Lipinski definition) is 6. The molecule has 1 aromatic carbocycles. The van der Waals surface area contributed by atoms with Crippen molar-refractivity contribution in [2.24, 2.45) is 0 Å². The molecule has 0 radical (unpaired) electrons. The predicted octanol–water partition coefficient (Wildman–Crippen LogP) is 2.94. The highest BCUT2D eigenvalue weighted by molar-refractivity contribution is 7.99. The number of rotatable bonds is 9. The fraction of sp³-hybridized carbons (Fsp3) is 0.471. The van der Waals surface area contributed by atoms with E-state index in [-0.39, 0.29) is 30.7 Å². The Hall–Kier alpha value is -2.02. The predicted molar refractivity (Wildman–Crippen MR) is 92.3 cm³/mol. The Morgan fingerprint density at radius 3 is 2.29 bits per heavy atom. The van der Waals surface area contributed by atoms with Crippen LogP contribution in [-0.4, -0.2) is 30.1 Å². The van der Waals surface area contributed by atoms with Gasteiger partial charge in [0.05, 0.1) is 4.90 Å². The van der Waals surface area contributed by atoms with E-state index in [1.54, 1.807) is 32.9 Å². The van der Waals surface area contributed by atoms with Crippen LogP contribution in [0.15, 0.2) is 23.1 Å². The molecule has 0 saturated carbocycles. The number of amides is 1. The molecule has 0 aliphatic heterocycles. The molecular weight excluding hydrogens is 330 g/mol. The summed E-state index contributed by atoms with van der Waals surface area (Å²) in [6, 6.07) is 4.93. The molecule has 0 saturated heterocycles. The van der Waals surface area contributed by atoms with Gasteiger partial charge in [-0.1, -0.05) is 20.8 Å². The van der Waals surface area contributed by atoms with Gasteiger partial charge in [0.25, 0.3) is 0 Å². The number of thioether (sulfide) groups is 1. The smallest absolute Gasteiger partial charge is 0.310 e. The molecule has 0 fully saturated rings. The summed E-state index contributed by atoms with van der Waals surface area (Å²) in [6.07, 6.45) is 0.953. The Bertz CT molecular complexity index is 588. The van der Waals surface area contributed by atoms with Gasteiger partial charge in [0.15, 0.2) is 0 Å². The van der Waals surface area contributed by atoms with Gasteiger partial charge in [-0.3, -0.25) is 14.4 Å². The monoisotopic (exact) mass is 353 g/mol. The van der Waals surface area contributed by atoms with Crippen LogP contribution in [0, 0.1) is 0 Å². The van der Waals surface area contributed by atoms with Crippen LogP contribution in [0.2, 0.25) is 0 Å². The lowest BCUT2D eigenvalue weighted by Gasteiger charge is -2.12. The first-order chi connectivity index (χ1) is 11.5. The second-order valence-corrected chi connectivity index (χ2v) is 5.95. The van der Waals surface area contributed by atoms with Crippen LogP contribution in [0.3, 0.4) is 0 Å². The van der Waals surface area contributed by atoms with Crippen LogP contribution in [0.1, 0.15) is 40.0 Å². The summed E-state index contributed by atoms with van der Waals surface area (Å²) >= 11 is 1.45. The van der Waals surface area contributed by atoms with Gasteiger partial charge >= 0.3 is 11.9 Å². The number of carbonyl (C=O) groups is 3. The van der Waals surface area contributed by atoms with E-state index < -0.39 is 0 Å². The molecule has 0 heterocycles. The lowest BCUT2D eigenvalue weighted by atomic mass is 10.3. The lowest BCUT2D eigenvalue weighted by Crippen LogP contribution is -2.24. The normalized spacial score (nSPS) is 10.1. The van der Waals surface area contributed by atoms with Crippen LogP contribution in [0.25, 0.3) is 0 Å². The molecule has 0 spiro atoms. The molecule has 1 amide bonds. The summed E-state index contributed by atoms with van der Waals surface area (Å²) in [7, 11) is 0. The second-order valence-electron chi connectivity index (χ2n) is 4.82. The summed E-state index contributed by atoms with van der Waals surface area (Å²) in [5.41, 5.74) is 0. The number of benzene rings is 1. The summed E-state index contributed by atoms with van der Waals surface area (Å²) in [5, 5.41) is 2.78. The summed E-state index contributed by atoms with van der Waals surface area (Å²) in [4.78, 5) is 34.9. The van der Waals surface area contributed by atoms with Crippen molar-refractivity contribution in [3.63, 3.8) is 0 Å². The zero-order chi connectivity index (χ0) is 17.9. The van der Waals surface area contributed by atoms with Crippen molar-refractivity contribution in [3.05, 3.63) is 18.2 Å². The van der Waals surface area contributed by atoms with Crippen molar-refractivity contribution in [3.8, 4) is 11.5 Å². The molecule has 1 rings (SSSR count). The van der Waals surface area contributed by atoms with Crippen LogP contribution < -0.4 is 14.8 Å². The summed E-state index contributed by atoms with van der Waals surface area (Å²) in [6.45, 7) is 5.72. The maximum absolute atomic E-state index is 11.6. The fourth-order valence-corrected chi connectivity index (χ4v) is 2.46. The molecule has 0 bridgehead atoms. The maximum atomic E-state index is 11.6. The first kappa shape index (κ1) is 20.0. The zero-order valence-corrected chi connectivity index (χ0v) is 15.0. The molecule has 0 aromatic heterocycles. The topological polar surface area (TPSA) is 81.7 Å². The summed E-state index contributed by atoms with van der Waals surface area (Å²) < 4.78 is 10.5. The van der Waals surface area contributed by atoms with Gasteiger partial charge < -0.3 is 14.8 Å². The molecule has 0 aliphatic carbocycles. The van der Waals surface area contributed by atoms with Gasteiger partial charge in [0.1, 0.15) is 11.5 Å². The van der Waals surface area contributed by atoms with Gasteiger partial charge in [-0.2, -0.15) is 0 Å². The highest BCUT2D eigenvalue weighted by Gasteiger charge is 2.12. The van der Waals surface area contributed by atoms with E-state index in [1.165, 1.54) is 17.8 Å². The first-order valence-electron chi connectivity index (χ1n) is 7.95. The van der Waals surface area contributed by atoms with E-state index in [0.29, 0.717) is 30.2 Å². The van der Waals surface area contributed by atoms with Crippen molar-refractivity contribution in [2.75, 3.05) is 12.3 Å². The molecule has 0 aliphatic rings. The van der Waals surface area contributed by atoms with E-state index in [2.05, 4.69) is 5.32 Å². The molecular formula is C17H23NO5S. The Labute approximate surface area is 146 Å². The minimum Gasteiger partial charge on any atom is -0.426 e. The fourth-order valence-electron chi connectivity index (χ4n) is 1.63. The maximum Gasteiger partial charge on any atom is 0.310 e. The Kier molecular flexibility index (Phi) is 8.93. The molecule has 0 unspecified atom stereocenters. The molecule has 6 nitrogen and oxygen atoms in total. The minimum absolute atomic E-state index is 0.00457. The quantitative estimate of drug-likeness (QED) is 0.318. The molecule has 0 atom stereocenters. The largest absolute Gasteiger partial charge is 0.426 e. The molecule has 24 heavy (non-hydrogen) atoms. The number of hydrogen-bond donors (Lipinski definition) is 1. The number of carbonyl (C=O) groups excluding carboxylic acids is 3. The van der Waals surface area contributed by atoms with Crippen LogP contribution in [0.5, 0.6) is 11.5 Å². The third kappa shape index (κ3) is 7.04. The summed E-state index contributed by atoms with van der Waals surface area (Å²) in [5.74, 6) is 0.603. The number of ether oxygens (including phenoxy) is 2. The van der Waals surface area contributed by atoms with Crippen molar-refractivity contribution >= 4 is 29.6 Å². The van der Waals surface area contributed by atoms with Crippen LogP contribution in [-0.2, 0) is 14.4 Å². The SMILES string of the molecule is CCC(=O)NCCSc1ccc(OC(=O)CC)cc1OC(=O)CC. The van der Waals surface area contributed by atoms with E-state index in [9.17, 15) is 14.4 Å². The van der Waals surface area contributed by atoms with Gasteiger partial charge in [-0.25, -0.2) is 0 Å². The first-order valence-corrected chi connectivity index (χ1v) is 8.93. The van der Waals surface area contributed by atoms with Gasteiger partial charge in [0.2, 0.25) is 5.91 Å². The molecule has 1 aromatic rings. The Morgan fingerprint density at radius 1 is 1.00 bits per heavy atom. The standard InChI is InChI=1S/C17H23NO5S/c1-4-15(19)18-9-10-24-14-8-7-12(22-16(20)5-2)11-13(14)23-17(21)6-3/h7-8,11H,4-6,9-10H2,1-3H3,(H,18,19). The third-order valence-corrected chi connectivity index (χ3v) is 4.01. The Balaban J connectivity index is 2.78. The van der Waals surface area contributed by atoms with Crippen molar-refractivity contribution in [1.29, 1.82) is 0 Å². The zero-order valence-electron chi connectivity index (χ0n) is 14.2. The van der Waals surface area contributed by atoms with E-state index >= 15 is 0 Å².